The number of halogens is 1. The van der Waals surface area contributed by atoms with Gasteiger partial charge in [-0.15, -0.1) is 0 Å². The van der Waals surface area contributed by atoms with Crippen molar-refractivity contribution in [3.05, 3.63) is 69.5 Å². The molecule has 1 amide bonds. The molecule has 0 aromatic heterocycles. The van der Waals surface area contributed by atoms with E-state index >= 15 is 0 Å². The van der Waals surface area contributed by atoms with Crippen molar-refractivity contribution >= 4 is 17.3 Å². The van der Waals surface area contributed by atoms with Gasteiger partial charge in [0.1, 0.15) is 11.5 Å². The first-order valence-corrected chi connectivity index (χ1v) is 8.52. The van der Waals surface area contributed by atoms with Crippen LogP contribution >= 0.6 is 0 Å². The molecule has 0 spiro atoms. The standard InChI is InChI=1S/C19H20FN3O3/c1-21-19(24)13-7-10-17(18(11-13)23(25)26)22-16-4-2-3-15(16)12-5-8-14(20)9-6-12/h5-11,15-16,22H,2-4H2,1H3,(H,21,24). The molecule has 0 saturated heterocycles. The van der Waals surface area contributed by atoms with Crippen LogP contribution in [0.25, 0.3) is 0 Å². The van der Waals surface area contributed by atoms with Crippen molar-refractivity contribution in [2.24, 2.45) is 0 Å². The molecular formula is C19H20FN3O3. The SMILES string of the molecule is CNC(=O)c1ccc(NC2CCCC2c2ccc(F)cc2)c([N+](=O)[O-])c1. The van der Waals surface area contributed by atoms with Crippen LogP contribution in [0.3, 0.4) is 0 Å². The van der Waals surface area contributed by atoms with E-state index in [1.807, 2.05) is 0 Å². The Bertz CT molecular complexity index is 823. The van der Waals surface area contributed by atoms with Gasteiger partial charge in [-0.05, 0) is 42.7 Å². The smallest absolute Gasteiger partial charge is 0.293 e. The second kappa shape index (κ2) is 7.51. The average molecular weight is 357 g/mol. The second-order valence-electron chi connectivity index (χ2n) is 6.41. The van der Waals surface area contributed by atoms with Crippen LogP contribution in [0.2, 0.25) is 0 Å². The average Bonchev–Trinajstić information content (AvgIpc) is 3.10. The number of carbonyl (C=O) groups is 1. The molecular weight excluding hydrogens is 337 g/mol. The maximum absolute atomic E-state index is 13.2. The van der Waals surface area contributed by atoms with E-state index in [2.05, 4.69) is 10.6 Å². The van der Waals surface area contributed by atoms with Gasteiger partial charge in [0.25, 0.3) is 11.6 Å². The summed E-state index contributed by atoms with van der Waals surface area (Å²) >= 11 is 0. The van der Waals surface area contributed by atoms with E-state index in [-0.39, 0.29) is 34.9 Å². The van der Waals surface area contributed by atoms with E-state index in [0.29, 0.717) is 5.69 Å². The Morgan fingerprint density at radius 1 is 1.19 bits per heavy atom. The van der Waals surface area contributed by atoms with Crippen LogP contribution in [0.4, 0.5) is 15.8 Å². The first-order chi connectivity index (χ1) is 12.5. The Morgan fingerprint density at radius 2 is 1.92 bits per heavy atom. The number of nitrogens with one attached hydrogen (secondary N) is 2. The largest absolute Gasteiger partial charge is 0.376 e. The molecule has 0 heterocycles. The summed E-state index contributed by atoms with van der Waals surface area (Å²) in [5.74, 6) is -0.491. The monoisotopic (exact) mass is 357 g/mol. The van der Waals surface area contributed by atoms with Crippen molar-refractivity contribution in [3.8, 4) is 0 Å². The van der Waals surface area contributed by atoms with Crippen molar-refractivity contribution < 1.29 is 14.1 Å². The molecule has 136 valence electrons. The van der Waals surface area contributed by atoms with E-state index < -0.39 is 4.92 Å². The van der Waals surface area contributed by atoms with Gasteiger partial charge in [0.05, 0.1) is 4.92 Å². The van der Waals surface area contributed by atoms with Gasteiger partial charge in [-0.3, -0.25) is 14.9 Å². The highest BCUT2D eigenvalue weighted by atomic mass is 19.1. The predicted molar refractivity (Wildman–Crippen MR) is 96.9 cm³/mol. The van der Waals surface area contributed by atoms with Crippen LogP contribution in [-0.4, -0.2) is 23.9 Å². The lowest BCUT2D eigenvalue weighted by atomic mass is 9.93. The summed E-state index contributed by atoms with van der Waals surface area (Å²) in [6, 6.07) is 10.8. The molecule has 7 heteroatoms. The molecule has 0 bridgehead atoms. The molecule has 0 aliphatic heterocycles. The van der Waals surface area contributed by atoms with Crippen molar-refractivity contribution in [1.82, 2.24) is 5.32 Å². The van der Waals surface area contributed by atoms with Gasteiger partial charge in [-0.2, -0.15) is 0 Å². The highest BCUT2D eigenvalue weighted by molar-refractivity contribution is 5.95. The molecule has 26 heavy (non-hydrogen) atoms. The number of nitrogens with zero attached hydrogens (tertiary/aromatic N) is 1. The predicted octanol–water partition coefficient (Wildman–Crippen LogP) is 3.84. The number of carbonyl (C=O) groups excluding carboxylic acids is 1. The van der Waals surface area contributed by atoms with Gasteiger partial charge in [0, 0.05) is 30.6 Å². The quantitative estimate of drug-likeness (QED) is 0.629. The van der Waals surface area contributed by atoms with Crippen molar-refractivity contribution in [3.63, 3.8) is 0 Å². The van der Waals surface area contributed by atoms with Gasteiger partial charge >= 0.3 is 0 Å². The number of nitro benzene ring substituents is 1. The molecule has 1 aliphatic carbocycles. The summed E-state index contributed by atoms with van der Waals surface area (Å²) in [7, 11) is 1.48. The Hall–Kier alpha value is -2.96. The summed E-state index contributed by atoms with van der Waals surface area (Å²) < 4.78 is 13.2. The third-order valence-corrected chi connectivity index (χ3v) is 4.84. The van der Waals surface area contributed by atoms with Crippen LogP contribution in [-0.2, 0) is 0 Å². The fraction of sp³-hybridized carbons (Fsp3) is 0.316. The molecule has 1 saturated carbocycles. The summed E-state index contributed by atoms with van der Waals surface area (Å²) in [5.41, 5.74) is 1.52. The topological polar surface area (TPSA) is 84.3 Å². The number of benzene rings is 2. The lowest BCUT2D eigenvalue weighted by Crippen LogP contribution is -2.23. The fourth-order valence-corrected chi connectivity index (χ4v) is 3.53. The van der Waals surface area contributed by atoms with Crippen molar-refractivity contribution in [1.29, 1.82) is 0 Å². The van der Waals surface area contributed by atoms with Gasteiger partial charge in [-0.25, -0.2) is 4.39 Å². The van der Waals surface area contributed by atoms with Crippen molar-refractivity contribution in [2.75, 3.05) is 12.4 Å². The first kappa shape index (κ1) is 17.8. The first-order valence-electron chi connectivity index (χ1n) is 8.52. The summed E-state index contributed by atoms with van der Waals surface area (Å²) in [4.78, 5) is 22.7. The lowest BCUT2D eigenvalue weighted by molar-refractivity contribution is -0.384. The zero-order valence-corrected chi connectivity index (χ0v) is 14.4. The van der Waals surface area contributed by atoms with Gasteiger partial charge in [0.2, 0.25) is 0 Å². The molecule has 3 rings (SSSR count). The third kappa shape index (κ3) is 3.66. The van der Waals surface area contributed by atoms with Crippen LogP contribution in [0.1, 0.15) is 41.1 Å². The van der Waals surface area contributed by atoms with Gasteiger partial charge in [-0.1, -0.05) is 18.6 Å². The fourth-order valence-electron chi connectivity index (χ4n) is 3.53. The molecule has 1 fully saturated rings. The zero-order chi connectivity index (χ0) is 18.7. The van der Waals surface area contributed by atoms with Crippen LogP contribution in [0, 0.1) is 15.9 Å². The highest BCUT2D eigenvalue weighted by Gasteiger charge is 2.30. The number of amides is 1. The summed E-state index contributed by atoms with van der Waals surface area (Å²) in [5, 5.41) is 17.2. The van der Waals surface area contributed by atoms with E-state index in [9.17, 15) is 19.3 Å². The molecule has 2 N–H and O–H groups in total. The Kier molecular flexibility index (Phi) is 5.16. The summed E-state index contributed by atoms with van der Waals surface area (Å²) in [6.45, 7) is 0. The van der Waals surface area contributed by atoms with Crippen LogP contribution in [0.15, 0.2) is 42.5 Å². The van der Waals surface area contributed by atoms with Crippen LogP contribution in [0.5, 0.6) is 0 Å². The number of nitro groups is 1. The Morgan fingerprint density at radius 3 is 2.58 bits per heavy atom. The normalized spacial score (nSPS) is 19.2. The molecule has 2 aromatic carbocycles. The van der Waals surface area contributed by atoms with E-state index in [1.54, 1.807) is 24.3 Å². The highest BCUT2D eigenvalue weighted by Crippen LogP contribution is 2.38. The molecule has 1 aliphatic rings. The van der Waals surface area contributed by atoms with E-state index in [1.165, 1.54) is 25.2 Å². The lowest BCUT2D eigenvalue weighted by Gasteiger charge is -2.22. The Labute approximate surface area is 150 Å². The van der Waals surface area contributed by atoms with E-state index in [4.69, 9.17) is 0 Å². The van der Waals surface area contributed by atoms with Gasteiger partial charge < -0.3 is 10.6 Å². The second-order valence-corrected chi connectivity index (χ2v) is 6.41. The van der Waals surface area contributed by atoms with Crippen LogP contribution < -0.4 is 10.6 Å². The molecule has 2 aromatic rings. The minimum atomic E-state index is -0.489. The summed E-state index contributed by atoms with van der Waals surface area (Å²) in [6.07, 6.45) is 2.80. The van der Waals surface area contributed by atoms with Crippen molar-refractivity contribution in [2.45, 2.75) is 31.2 Å². The molecule has 2 unspecified atom stereocenters. The number of hydrogen-bond donors (Lipinski definition) is 2. The zero-order valence-electron chi connectivity index (χ0n) is 14.4. The van der Waals surface area contributed by atoms with E-state index in [0.717, 1.165) is 24.8 Å². The molecule has 6 nitrogen and oxygen atoms in total. The third-order valence-electron chi connectivity index (χ3n) is 4.84. The van der Waals surface area contributed by atoms with Gasteiger partial charge in [0.15, 0.2) is 0 Å². The minimum Gasteiger partial charge on any atom is -0.376 e. The number of hydrogen-bond acceptors (Lipinski definition) is 4. The number of anilines is 1. The maximum Gasteiger partial charge on any atom is 0.293 e. The maximum atomic E-state index is 13.2. The molecule has 2 atom stereocenters. The minimum absolute atomic E-state index is 0.0185. The molecule has 0 radical (unpaired) electrons. The Balaban J connectivity index is 1.86. The number of rotatable bonds is 5.